The van der Waals surface area contributed by atoms with Gasteiger partial charge in [-0.15, -0.1) is 53.6 Å². The maximum atomic E-state index is 4.63. The van der Waals surface area contributed by atoms with Crippen LogP contribution in [0.1, 0.15) is 51.3 Å². The first kappa shape index (κ1) is 32.2. The molecule has 3 nitrogen and oxygen atoms in total. The Kier molecular flexibility index (Phi) is 9.58. The molecule has 3 aromatic carbocycles. The quantitative estimate of drug-likeness (QED) is 0.168. The number of rotatable bonds is 4. The van der Waals surface area contributed by atoms with Crippen molar-refractivity contribution in [3.63, 3.8) is 0 Å². The molecule has 0 unspecified atom stereocenters. The fraction of sp³-hybridized carbons (Fsp3) is 0.195. The standard InChI is InChI=1S/C22H22N.C19H15N2.Ir/c1-22(2,3)16-17-9-11-18(12-10-17)20-13-14-23-21(15-20)19-7-5-4-6-8-19;1-19(2)16-8-4-3-7-14(16)15-10-18(21-12-17(15)19)13-6-5-9-20-11-13;/h4-7,9-15H,16H2,1-3H3;3-5,7-12H,1-2H3;/q2*-1;. The Hall–Kier alpha value is -4.24. The van der Waals surface area contributed by atoms with Gasteiger partial charge < -0.3 is 15.0 Å². The van der Waals surface area contributed by atoms with Crippen molar-refractivity contribution >= 4 is 0 Å². The Balaban J connectivity index is 0.000000174. The van der Waals surface area contributed by atoms with Gasteiger partial charge in [-0.2, -0.15) is 0 Å². The first-order chi connectivity index (χ1) is 21.2. The molecule has 0 aliphatic heterocycles. The van der Waals surface area contributed by atoms with Crippen LogP contribution in [-0.2, 0) is 31.9 Å². The summed E-state index contributed by atoms with van der Waals surface area (Å²) in [6.07, 6.45) is 8.50. The largest absolute Gasteiger partial charge is 0.360 e. The number of fused-ring (bicyclic) bond motifs is 3. The minimum Gasteiger partial charge on any atom is -0.360 e. The summed E-state index contributed by atoms with van der Waals surface area (Å²) in [5, 5.41) is 0. The zero-order valence-corrected chi connectivity index (χ0v) is 28.8. The summed E-state index contributed by atoms with van der Waals surface area (Å²) in [5.74, 6) is 0. The van der Waals surface area contributed by atoms with E-state index in [2.05, 4.69) is 128 Å². The molecule has 0 saturated carbocycles. The Bertz CT molecular complexity index is 1870. The summed E-state index contributed by atoms with van der Waals surface area (Å²) >= 11 is 0. The van der Waals surface area contributed by atoms with Crippen molar-refractivity contribution in [2.24, 2.45) is 5.41 Å². The predicted molar refractivity (Wildman–Crippen MR) is 181 cm³/mol. The third-order valence-corrected chi connectivity index (χ3v) is 8.11. The van der Waals surface area contributed by atoms with Crippen molar-refractivity contribution in [3.05, 3.63) is 151 Å². The molecule has 0 spiro atoms. The van der Waals surface area contributed by atoms with Crippen LogP contribution in [0.5, 0.6) is 0 Å². The molecule has 0 bridgehead atoms. The molecule has 0 fully saturated rings. The minimum atomic E-state index is 0. The van der Waals surface area contributed by atoms with Gasteiger partial charge in [0.25, 0.3) is 0 Å². The zero-order valence-electron chi connectivity index (χ0n) is 26.4. The van der Waals surface area contributed by atoms with Crippen LogP contribution in [0.25, 0.3) is 44.8 Å². The van der Waals surface area contributed by atoms with Gasteiger partial charge in [0.2, 0.25) is 0 Å². The molecule has 1 radical (unpaired) electrons. The molecule has 45 heavy (non-hydrogen) atoms. The van der Waals surface area contributed by atoms with E-state index in [4.69, 9.17) is 0 Å². The second kappa shape index (κ2) is 13.4. The number of hydrogen-bond acceptors (Lipinski definition) is 3. The molecule has 227 valence electrons. The van der Waals surface area contributed by atoms with E-state index in [1.165, 1.54) is 38.9 Å². The van der Waals surface area contributed by atoms with Crippen LogP contribution in [0, 0.1) is 17.5 Å². The van der Waals surface area contributed by atoms with E-state index in [0.717, 1.165) is 28.9 Å². The number of pyridine rings is 3. The molecule has 0 atom stereocenters. The Morgan fingerprint density at radius 1 is 0.644 bits per heavy atom. The molecule has 6 aromatic rings. The molecule has 7 rings (SSSR count). The van der Waals surface area contributed by atoms with Gasteiger partial charge in [-0.25, -0.2) is 0 Å². The molecular weight excluding hydrogens is 727 g/mol. The molecule has 0 saturated heterocycles. The van der Waals surface area contributed by atoms with E-state index in [9.17, 15) is 0 Å². The Labute approximate surface area is 281 Å². The maximum absolute atomic E-state index is 4.63. The summed E-state index contributed by atoms with van der Waals surface area (Å²) < 4.78 is 0. The van der Waals surface area contributed by atoms with E-state index in [0.29, 0.717) is 5.41 Å². The zero-order chi connectivity index (χ0) is 30.7. The van der Waals surface area contributed by atoms with Crippen molar-refractivity contribution in [2.75, 3.05) is 0 Å². The Morgan fingerprint density at radius 2 is 1.38 bits per heavy atom. The number of nitrogens with zero attached hydrogens (tertiary/aromatic N) is 3. The summed E-state index contributed by atoms with van der Waals surface area (Å²) in [5.41, 5.74) is 13.2. The van der Waals surface area contributed by atoms with Gasteiger partial charge in [0.05, 0.1) is 0 Å². The molecule has 3 heterocycles. The van der Waals surface area contributed by atoms with Crippen LogP contribution in [0.2, 0.25) is 0 Å². The van der Waals surface area contributed by atoms with Crippen LogP contribution >= 0.6 is 0 Å². The number of aromatic nitrogens is 3. The molecule has 0 amide bonds. The monoisotopic (exact) mass is 764 g/mol. The third kappa shape index (κ3) is 7.20. The fourth-order valence-corrected chi connectivity index (χ4v) is 5.93. The van der Waals surface area contributed by atoms with Crippen LogP contribution in [0.3, 0.4) is 0 Å². The van der Waals surface area contributed by atoms with Crippen LogP contribution in [-0.4, -0.2) is 15.0 Å². The smallest absolute Gasteiger partial charge is 0.0207 e. The van der Waals surface area contributed by atoms with E-state index in [1.807, 2.05) is 42.7 Å². The van der Waals surface area contributed by atoms with E-state index >= 15 is 0 Å². The normalized spacial score (nSPS) is 12.6. The topological polar surface area (TPSA) is 38.7 Å². The first-order valence-corrected chi connectivity index (χ1v) is 15.1. The first-order valence-electron chi connectivity index (χ1n) is 15.1. The van der Waals surface area contributed by atoms with Gasteiger partial charge in [0.1, 0.15) is 0 Å². The van der Waals surface area contributed by atoms with Gasteiger partial charge in [0.15, 0.2) is 0 Å². The summed E-state index contributed by atoms with van der Waals surface area (Å²) in [6, 6.07) is 40.0. The second-order valence-electron chi connectivity index (χ2n) is 13.1. The maximum Gasteiger partial charge on any atom is 0.0207 e. The average Bonchev–Trinajstić information content (AvgIpc) is 3.28. The molecule has 1 aliphatic carbocycles. The van der Waals surface area contributed by atoms with Crippen LogP contribution in [0.15, 0.2) is 122 Å². The predicted octanol–water partition coefficient (Wildman–Crippen LogP) is 10.1. The fourth-order valence-electron chi connectivity index (χ4n) is 5.93. The van der Waals surface area contributed by atoms with Crippen molar-refractivity contribution < 1.29 is 20.1 Å². The van der Waals surface area contributed by atoms with E-state index < -0.39 is 0 Å². The summed E-state index contributed by atoms with van der Waals surface area (Å²) in [6.45, 7) is 11.3. The van der Waals surface area contributed by atoms with Crippen molar-refractivity contribution in [2.45, 2.75) is 46.5 Å². The van der Waals surface area contributed by atoms with Gasteiger partial charge in [-0.3, -0.25) is 0 Å². The SMILES string of the molecule is CC(C)(C)Cc1ccc(-c2ccnc(-c3[c-]cccc3)c2)cc1.CC1(C)c2ccccc2-c2cc(-c3[c-]ccnc3)ncc21.[Ir]. The minimum absolute atomic E-state index is 0. The van der Waals surface area contributed by atoms with E-state index in [1.54, 1.807) is 12.4 Å². The molecule has 1 aliphatic rings. The molecule has 4 heteroatoms. The Morgan fingerprint density at radius 3 is 2.09 bits per heavy atom. The van der Waals surface area contributed by atoms with Crippen LogP contribution in [0.4, 0.5) is 0 Å². The van der Waals surface area contributed by atoms with Crippen molar-refractivity contribution in [1.82, 2.24) is 15.0 Å². The van der Waals surface area contributed by atoms with Gasteiger partial charge in [-0.05, 0) is 68.2 Å². The molecule has 3 aromatic heterocycles. The number of benzene rings is 3. The van der Waals surface area contributed by atoms with Gasteiger partial charge in [-0.1, -0.05) is 108 Å². The van der Waals surface area contributed by atoms with Gasteiger partial charge >= 0.3 is 0 Å². The number of hydrogen-bond donors (Lipinski definition) is 0. The van der Waals surface area contributed by atoms with Crippen molar-refractivity contribution in [3.8, 4) is 44.8 Å². The third-order valence-electron chi connectivity index (χ3n) is 8.11. The summed E-state index contributed by atoms with van der Waals surface area (Å²) in [4.78, 5) is 13.3. The average molecular weight is 764 g/mol. The van der Waals surface area contributed by atoms with Crippen LogP contribution < -0.4 is 0 Å². The van der Waals surface area contributed by atoms with E-state index in [-0.39, 0.29) is 25.5 Å². The summed E-state index contributed by atoms with van der Waals surface area (Å²) in [7, 11) is 0. The van der Waals surface area contributed by atoms with Gasteiger partial charge in [0, 0.05) is 37.9 Å². The molecular formula is C41H37IrN3-2. The van der Waals surface area contributed by atoms with Crippen molar-refractivity contribution in [1.29, 1.82) is 0 Å². The molecule has 0 N–H and O–H groups in total. The second-order valence-corrected chi connectivity index (χ2v) is 13.1.